The molecule has 3 rings (SSSR count). The van der Waals surface area contributed by atoms with Gasteiger partial charge in [-0.25, -0.2) is 9.37 Å². The Morgan fingerprint density at radius 3 is 3.10 bits per heavy atom. The summed E-state index contributed by atoms with van der Waals surface area (Å²) in [6.45, 7) is 4.56. The predicted molar refractivity (Wildman–Crippen MR) is 79.1 cm³/mol. The molecule has 3 nitrogen and oxygen atoms in total. The van der Waals surface area contributed by atoms with Crippen LogP contribution in [0.1, 0.15) is 25.6 Å². The van der Waals surface area contributed by atoms with Gasteiger partial charge in [-0.15, -0.1) is 0 Å². The smallest absolute Gasteiger partial charge is 0.125 e. The summed E-state index contributed by atoms with van der Waals surface area (Å²) < 4.78 is 15.4. The number of rotatable bonds is 3. The highest BCUT2D eigenvalue weighted by atomic mass is 19.1. The maximum absolute atomic E-state index is 13.3. The average Bonchev–Trinajstić information content (AvgIpc) is 2.76. The van der Waals surface area contributed by atoms with E-state index >= 15 is 0 Å². The van der Waals surface area contributed by atoms with Crippen molar-refractivity contribution in [3.63, 3.8) is 0 Å². The van der Waals surface area contributed by atoms with Gasteiger partial charge in [-0.1, -0.05) is 6.92 Å². The lowest BCUT2D eigenvalue weighted by molar-refractivity contribution is 0.275. The molecule has 4 heteroatoms. The summed E-state index contributed by atoms with van der Waals surface area (Å²) >= 11 is 0. The van der Waals surface area contributed by atoms with Gasteiger partial charge in [0.15, 0.2) is 0 Å². The van der Waals surface area contributed by atoms with Crippen molar-refractivity contribution in [3.8, 4) is 0 Å². The highest BCUT2D eigenvalue weighted by molar-refractivity contribution is 5.75. The van der Waals surface area contributed by atoms with Crippen molar-refractivity contribution >= 4 is 11.0 Å². The van der Waals surface area contributed by atoms with E-state index in [0.717, 1.165) is 42.3 Å². The van der Waals surface area contributed by atoms with Crippen LogP contribution >= 0.6 is 0 Å². The fraction of sp³-hybridized carbons (Fsp3) is 0.562. The Hall–Kier alpha value is -1.42. The van der Waals surface area contributed by atoms with Gasteiger partial charge in [-0.05, 0) is 56.0 Å². The van der Waals surface area contributed by atoms with Gasteiger partial charge in [0, 0.05) is 13.5 Å². The van der Waals surface area contributed by atoms with Gasteiger partial charge in [0.1, 0.15) is 11.6 Å². The molecule has 108 valence electrons. The van der Waals surface area contributed by atoms with Crippen LogP contribution in [0.2, 0.25) is 0 Å². The molecular formula is C16H22FN3. The van der Waals surface area contributed by atoms with Crippen LogP contribution in [0.25, 0.3) is 11.0 Å². The fourth-order valence-electron chi connectivity index (χ4n) is 3.21. The Morgan fingerprint density at radius 2 is 2.35 bits per heavy atom. The SMILES string of the molecule is CC(Cc1nc2ccc(F)cc2n1C)C1CCCNC1. The Morgan fingerprint density at radius 1 is 1.50 bits per heavy atom. The molecule has 0 aliphatic carbocycles. The number of nitrogens with zero attached hydrogens (tertiary/aromatic N) is 2. The predicted octanol–water partition coefficient (Wildman–Crippen LogP) is 2.89. The number of piperidine rings is 1. The van der Waals surface area contributed by atoms with Gasteiger partial charge in [-0.2, -0.15) is 0 Å². The number of hydrogen-bond donors (Lipinski definition) is 1. The van der Waals surface area contributed by atoms with E-state index in [1.807, 2.05) is 11.6 Å². The summed E-state index contributed by atoms with van der Waals surface area (Å²) in [4.78, 5) is 4.66. The van der Waals surface area contributed by atoms with E-state index in [4.69, 9.17) is 0 Å². The number of nitrogens with one attached hydrogen (secondary N) is 1. The summed E-state index contributed by atoms with van der Waals surface area (Å²) in [5, 5.41) is 3.47. The lowest BCUT2D eigenvalue weighted by Crippen LogP contribution is -2.34. The Bertz CT molecular complexity index is 599. The van der Waals surface area contributed by atoms with Gasteiger partial charge in [0.25, 0.3) is 0 Å². The second kappa shape index (κ2) is 5.52. The standard InChI is InChI=1S/C16H22FN3/c1-11(12-4-3-7-18-10-12)8-16-19-14-6-5-13(17)9-15(14)20(16)2/h5-6,9,11-12,18H,3-4,7-8,10H2,1-2H3. The van der Waals surface area contributed by atoms with Crippen LogP contribution in [-0.4, -0.2) is 22.6 Å². The fourth-order valence-corrected chi connectivity index (χ4v) is 3.21. The van der Waals surface area contributed by atoms with Gasteiger partial charge >= 0.3 is 0 Å². The second-order valence-electron chi connectivity index (χ2n) is 6.01. The normalized spacial score (nSPS) is 21.2. The van der Waals surface area contributed by atoms with Crippen molar-refractivity contribution in [2.75, 3.05) is 13.1 Å². The molecule has 1 aromatic heterocycles. The summed E-state index contributed by atoms with van der Waals surface area (Å²) in [6, 6.07) is 4.81. The first-order valence-corrected chi connectivity index (χ1v) is 7.46. The van der Waals surface area contributed by atoms with E-state index < -0.39 is 0 Å². The molecule has 0 saturated carbocycles. The first kappa shape index (κ1) is 13.6. The summed E-state index contributed by atoms with van der Waals surface area (Å²) in [6.07, 6.45) is 3.52. The molecule has 2 unspecified atom stereocenters. The van der Waals surface area contributed by atoms with E-state index in [1.54, 1.807) is 12.1 Å². The number of benzene rings is 1. The number of fused-ring (bicyclic) bond motifs is 1. The van der Waals surface area contributed by atoms with Crippen molar-refractivity contribution < 1.29 is 4.39 Å². The van der Waals surface area contributed by atoms with Crippen molar-refractivity contribution in [1.29, 1.82) is 0 Å². The number of imidazole rings is 1. The lowest BCUT2D eigenvalue weighted by atomic mass is 9.85. The van der Waals surface area contributed by atoms with Crippen LogP contribution in [-0.2, 0) is 13.5 Å². The van der Waals surface area contributed by atoms with Gasteiger partial charge in [0.2, 0.25) is 0 Å². The quantitative estimate of drug-likeness (QED) is 0.933. The zero-order chi connectivity index (χ0) is 14.1. The van der Waals surface area contributed by atoms with Crippen LogP contribution in [0.15, 0.2) is 18.2 Å². The van der Waals surface area contributed by atoms with E-state index in [-0.39, 0.29) is 5.82 Å². The van der Waals surface area contributed by atoms with Crippen LogP contribution < -0.4 is 5.32 Å². The second-order valence-corrected chi connectivity index (χ2v) is 6.01. The van der Waals surface area contributed by atoms with Crippen molar-refractivity contribution in [2.45, 2.75) is 26.2 Å². The number of aryl methyl sites for hydroxylation is 1. The first-order valence-electron chi connectivity index (χ1n) is 7.46. The number of halogens is 1. The van der Waals surface area contributed by atoms with E-state index in [0.29, 0.717) is 5.92 Å². The molecule has 1 aliphatic rings. The molecule has 1 saturated heterocycles. The molecule has 0 amide bonds. The van der Waals surface area contributed by atoms with Crippen molar-refractivity contribution in [1.82, 2.24) is 14.9 Å². The molecule has 1 fully saturated rings. The molecule has 2 heterocycles. The molecule has 0 bridgehead atoms. The highest BCUT2D eigenvalue weighted by Crippen LogP contribution is 2.25. The van der Waals surface area contributed by atoms with E-state index in [2.05, 4.69) is 17.2 Å². The molecule has 1 aliphatic heterocycles. The highest BCUT2D eigenvalue weighted by Gasteiger charge is 2.22. The van der Waals surface area contributed by atoms with Gasteiger partial charge in [-0.3, -0.25) is 0 Å². The monoisotopic (exact) mass is 275 g/mol. The molecular weight excluding hydrogens is 253 g/mol. The minimum atomic E-state index is -0.198. The topological polar surface area (TPSA) is 29.9 Å². The van der Waals surface area contributed by atoms with Crippen molar-refractivity contribution in [3.05, 3.63) is 29.8 Å². The minimum absolute atomic E-state index is 0.198. The largest absolute Gasteiger partial charge is 0.331 e. The molecule has 2 atom stereocenters. The lowest BCUT2D eigenvalue weighted by Gasteiger charge is -2.28. The third-order valence-corrected chi connectivity index (χ3v) is 4.58. The summed E-state index contributed by atoms with van der Waals surface area (Å²) in [5.41, 5.74) is 1.77. The Kier molecular flexibility index (Phi) is 3.74. The molecule has 2 aromatic rings. The minimum Gasteiger partial charge on any atom is -0.331 e. The number of aromatic nitrogens is 2. The molecule has 1 N–H and O–H groups in total. The molecule has 20 heavy (non-hydrogen) atoms. The maximum Gasteiger partial charge on any atom is 0.125 e. The van der Waals surface area contributed by atoms with E-state index in [1.165, 1.54) is 18.9 Å². The molecule has 1 aromatic carbocycles. The number of hydrogen-bond acceptors (Lipinski definition) is 2. The van der Waals surface area contributed by atoms with Gasteiger partial charge in [0.05, 0.1) is 11.0 Å². The zero-order valence-electron chi connectivity index (χ0n) is 12.2. The van der Waals surface area contributed by atoms with Crippen LogP contribution in [0, 0.1) is 17.7 Å². The van der Waals surface area contributed by atoms with Gasteiger partial charge < -0.3 is 9.88 Å². The van der Waals surface area contributed by atoms with Crippen LogP contribution in [0.4, 0.5) is 4.39 Å². The third kappa shape index (κ3) is 2.57. The third-order valence-electron chi connectivity index (χ3n) is 4.58. The van der Waals surface area contributed by atoms with Crippen molar-refractivity contribution in [2.24, 2.45) is 18.9 Å². The van der Waals surface area contributed by atoms with Crippen LogP contribution in [0.3, 0.4) is 0 Å². The average molecular weight is 275 g/mol. The molecule has 0 spiro atoms. The summed E-state index contributed by atoms with van der Waals surface area (Å²) in [5.74, 6) is 2.18. The van der Waals surface area contributed by atoms with E-state index in [9.17, 15) is 4.39 Å². The Labute approximate surface area is 119 Å². The molecule has 0 radical (unpaired) electrons. The Balaban J connectivity index is 1.81. The first-order chi connectivity index (χ1) is 9.65. The zero-order valence-corrected chi connectivity index (χ0v) is 12.2. The van der Waals surface area contributed by atoms with Crippen LogP contribution in [0.5, 0.6) is 0 Å². The maximum atomic E-state index is 13.3. The summed E-state index contributed by atoms with van der Waals surface area (Å²) in [7, 11) is 1.98.